The summed E-state index contributed by atoms with van der Waals surface area (Å²) in [5.41, 5.74) is 6.44. The first-order chi connectivity index (χ1) is 9.16. The van der Waals surface area contributed by atoms with E-state index in [2.05, 4.69) is 0 Å². The van der Waals surface area contributed by atoms with Gasteiger partial charge in [0, 0.05) is 5.56 Å². The van der Waals surface area contributed by atoms with E-state index in [0.29, 0.717) is 0 Å². The fraction of sp³-hybridized carbons (Fsp3) is 0.538. The number of hydrogen-bond acceptors (Lipinski definition) is 6. The average Bonchev–Trinajstić information content (AvgIpc) is 2.46. The van der Waals surface area contributed by atoms with Gasteiger partial charge < -0.3 is 30.2 Å². The van der Waals surface area contributed by atoms with Crippen LogP contribution < -0.4 is 5.73 Å². The molecule has 6 heteroatoms. The number of rotatable bonds is 1. The van der Waals surface area contributed by atoms with E-state index in [4.69, 9.17) is 19.9 Å². The summed E-state index contributed by atoms with van der Waals surface area (Å²) in [6, 6.07) is 9.42. The molecule has 0 spiro atoms. The van der Waals surface area contributed by atoms with Gasteiger partial charge in [0.05, 0.1) is 6.61 Å². The number of aliphatic hydroxyl groups is 2. The molecule has 2 heterocycles. The Balaban J connectivity index is 1.75. The van der Waals surface area contributed by atoms with E-state index >= 15 is 0 Å². The highest BCUT2D eigenvalue weighted by molar-refractivity contribution is 5.16. The highest BCUT2D eigenvalue weighted by Crippen LogP contribution is 2.32. The molecule has 1 aromatic rings. The second-order valence-corrected chi connectivity index (χ2v) is 4.80. The summed E-state index contributed by atoms with van der Waals surface area (Å²) in [5.74, 6) is 0. The maximum atomic E-state index is 10.0. The van der Waals surface area contributed by atoms with Crippen LogP contribution in [0.5, 0.6) is 0 Å². The van der Waals surface area contributed by atoms with Crippen LogP contribution in [0.25, 0.3) is 0 Å². The predicted octanol–water partition coefficient (Wildman–Crippen LogP) is -0.494. The van der Waals surface area contributed by atoms with Crippen molar-refractivity contribution in [1.82, 2.24) is 0 Å². The predicted molar refractivity (Wildman–Crippen MR) is 64.9 cm³/mol. The van der Waals surface area contributed by atoms with E-state index in [9.17, 15) is 10.2 Å². The molecule has 3 rings (SSSR count). The zero-order chi connectivity index (χ0) is 13.4. The van der Waals surface area contributed by atoms with Gasteiger partial charge >= 0.3 is 0 Å². The molecule has 19 heavy (non-hydrogen) atoms. The second-order valence-electron chi connectivity index (χ2n) is 4.80. The molecule has 2 fully saturated rings. The van der Waals surface area contributed by atoms with Crippen LogP contribution in [0.2, 0.25) is 0 Å². The van der Waals surface area contributed by atoms with Gasteiger partial charge in [0.2, 0.25) is 0 Å². The summed E-state index contributed by atoms with van der Waals surface area (Å²) in [5, 5.41) is 19.7. The standard InChI is InChI=1S/C13H17NO5/c14-12-10(16)9(15)11-8(18-12)6-17-13(19-11)7-4-2-1-3-5-7/h1-5,8-13,15-16H,6,14H2. The first-order valence-electron chi connectivity index (χ1n) is 6.26. The molecule has 6 nitrogen and oxygen atoms in total. The third-order valence-corrected chi connectivity index (χ3v) is 3.49. The maximum Gasteiger partial charge on any atom is 0.184 e. The molecular formula is C13H17NO5. The van der Waals surface area contributed by atoms with E-state index < -0.39 is 36.9 Å². The van der Waals surface area contributed by atoms with Gasteiger partial charge in [0.1, 0.15) is 30.6 Å². The molecule has 0 saturated carbocycles. The Morgan fingerprint density at radius 3 is 2.53 bits per heavy atom. The van der Waals surface area contributed by atoms with Gasteiger partial charge in [-0.1, -0.05) is 30.3 Å². The molecule has 104 valence electrons. The lowest BCUT2D eigenvalue weighted by atomic mass is 9.97. The number of ether oxygens (including phenoxy) is 3. The minimum Gasteiger partial charge on any atom is -0.387 e. The summed E-state index contributed by atoms with van der Waals surface area (Å²) >= 11 is 0. The Morgan fingerprint density at radius 2 is 1.79 bits per heavy atom. The third kappa shape index (κ3) is 2.38. The van der Waals surface area contributed by atoms with Crippen molar-refractivity contribution in [3.8, 4) is 0 Å². The maximum absolute atomic E-state index is 10.0. The van der Waals surface area contributed by atoms with Gasteiger partial charge in [0.25, 0.3) is 0 Å². The van der Waals surface area contributed by atoms with Crippen molar-refractivity contribution in [3.63, 3.8) is 0 Å². The minimum atomic E-state index is -1.16. The van der Waals surface area contributed by atoms with Crippen LogP contribution in [-0.2, 0) is 14.2 Å². The number of nitrogens with two attached hydrogens (primary N) is 1. The van der Waals surface area contributed by atoms with Crippen molar-refractivity contribution >= 4 is 0 Å². The third-order valence-electron chi connectivity index (χ3n) is 3.49. The van der Waals surface area contributed by atoms with Gasteiger partial charge in [-0.3, -0.25) is 0 Å². The molecule has 0 aromatic heterocycles. The quantitative estimate of drug-likeness (QED) is 0.635. The normalized spacial score (nSPS) is 42.7. The lowest BCUT2D eigenvalue weighted by Gasteiger charge is -2.45. The van der Waals surface area contributed by atoms with E-state index in [0.717, 1.165) is 5.56 Å². The molecule has 2 aliphatic rings. The molecule has 6 atom stereocenters. The van der Waals surface area contributed by atoms with E-state index in [1.165, 1.54) is 0 Å². The molecule has 4 N–H and O–H groups in total. The zero-order valence-corrected chi connectivity index (χ0v) is 10.3. The summed E-state index contributed by atoms with van der Waals surface area (Å²) in [7, 11) is 0. The monoisotopic (exact) mass is 267 g/mol. The molecular weight excluding hydrogens is 250 g/mol. The number of aliphatic hydroxyl groups excluding tert-OH is 2. The van der Waals surface area contributed by atoms with Crippen molar-refractivity contribution in [3.05, 3.63) is 35.9 Å². The molecule has 2 saturated heterocycles. The Kier molecular flexibility index (Phi) is 3.53. The Morgan fingerprint density at radius 1 is 1.05 bits per heavy atom. The zero-order valence-electron chi connectivity index (χ0n) is 10.3. The molecule has 1 aromatic carbocycles. The van der Waals surface area contributed by atoms with Crippen LogP contribution in [0.15, 0.2) is 30.3 Å². The van der Waals surface area contributed by atoms with Crippen LogP contribution in [0.1, 0.15) is 11.9 Å². The lowest BCUT2D eigenvalue weighted by molar-refractivity contribution is -0.327. The summed E-state index contributed by atoms with van der Waals surface area (Å²) in [4.78, 5) is 0. The van der Waals surface area contributed by atoms with Gasteiger partial charge in [-0.2, -0.15) is 0 Å². The van der Waals surface area contributed by atoms with Crippen molar-refractivity contribution in [2.45, 2.75) is 36.9 Å². The Labute approximate surface area is 110 Å². The van der Waals surface area contributed by atoms with Crippen LogP contribution in [0.3, 0.4) is 0 Å². The topological polar surface area (TPSA) is 94.2 Å². The highest BCUT2D eigenvalue weighted by Gasteiger charge is 2.47. The van der Waals surface area contributed by atoms with E-state index in [1.807, 2.05) is 30.3 Å². The van der Waals surface area contributed by atoms with Gasteiger partial charge in [-0.05, 0) is 0 Å². The number of benzene rings is 1. The fourth-order valence-electron chi connectivity index (χ4n) is 2.42. The Bertz CT molecular complexity index is 426. The fourth-order valence-corrected chi connectivity index (χ4v) is 2.42. The summed E-state index contributed by atoms with van der Waals surface area (Å²) in [6.07, 6.45) is -4.83. The molecule has 0 radical (unpaired) electrons. The van der Waals surface area contributed by atoms with Crippen molar-refractivity contribution < 1.29 is 24.4 Å². The largest absolute Gasteiger partial charge is 0.387 e. The summed E-state index contributed by atoms with van der Waals surface area (Å²) in [6.45, 7) is 0.266. The molecule has 2 aliphatic heterocycles. The van der Waals surface area contributed by atoms with Gasteiger partial charge in [-0.15, -0.1) is 0 Å². The van der Waals surface area contributed by atoms with E-state index in [1.54, 1.807) is 0 Å². The van der Waals surface area contributed by atoms with Crippen molar-refractivity contribution in [1.29, 1.82) is 0 Å². The second kappa shape index (κ2) is 5.16. The van der Waals surface area contributed by atoms with Crippen LogP contribution in [-0.4, -0.2) is 47.5 Å². The highest BCUT2D eigenvalue weighted by atomic mass is 16.7. The first kappa shape index (κ1) is 13.0. The van der Waals surface area contributed by atoms with Gasteiger partial charge in [0.15, 0.2) is 6.29 Å². The van der Waals surface area contributed by atoms with Crippen LogP contribution in [0.4, 0.5) is 0 Å². The van der Waals surface area contributed by atoms with Crippen LogP contribution in [0, 0.1) is 0 Å². The molecule has 6 unspecified atom stereocenters. The minimum absolute atomic E-state index is 0.266. The summed E-state index contributed by atoms with van der Waals surface area (Å²) < 4.78 is 16.6. The van der Waals surface area contributed by atoms with Crippen molar-refractivity contribution in [2.75, 3.05) is 6.61 Å². The smallest absolute Gasteiger partial charge is 0.184 e. The lowest BCUT2D eigenvalue weighted by Crippen LogP contribution is -2.63. The number of hydrogen-bond donors (Lipinski definition) is 3. The van der Waals surface area contributed by atoms with E-state index in [-0.39, 0.29) is 6.61 Å². The van der Waals surface area contributed by atoms with Crippen molar-refractivity contribution in [2.24, 2.45) is 5.73 Å². The molecule has 0 amide bonds. The number of fused-ring (bicyclic) bond motifs is 1. The SMILES string of the molecule is NC1OC2COC(c3ccccc3)OC2C(O)C1O. The molecule has 0 aliphatic carbocycles. The Hall–Kier alpha value is -1.02. The van der Waals surface area contributed by atoms with Crippen LogP contribution >= 0.6 is 0 Å². The first-order valence-corrected chi connectivity index (χ1v) is 6.26. The average molecular weight is 267 g/mol. The van der Waals surface area contributed by atoms with Gasteiger partial charge in [-0.25, -0.2) is 0 Å². The molecule has 0 bridgehead atoms.